The van der Waals surface area contributed by atoms with Crippen molar-refractivity contribution in [3.63, 3.8) is 0 Å². The van der Waals surface area contributed by atoms with Gasteiger partial charge in [0.2, 0.25) is 9.84 Å². The first kappa shape index (κ1) is 9.01. The molecule has 74 valence electrons. The number of sulfone groups is 1. The Morgan fingerprint density at radius 1 is 1.36 bits per heavy atom. The van der Waals surface area contributed by atoms with Gasteiger partial charge in [0.15, 0.2) is 0 Å². The molecule has 0 atom stereocenters. The molecular weight excluding hydrogens is 206 g/mol. The van der Waals surface area contributed by atoms with Gasteiger partial charge >= 0.3 is 0 Å². The summed E-state index contributed by atoms with van der Waals surface area (Å²) < 4.78 is 23.0. The molecule has 0 aliphatic carbocycles. The molecule has 0 aromatic heterocycles. The summed E-state index contributed by atoms with van der Waals surface area (Å²) in [5.74, 6) is -0.400. The highest BCUT2D eigenvalue weighted by Gasteiger charge is 2.34. The lowest BCUT2D eigenvalue weighted by molar-refractivity contribution is -0.110. The highest BCUT2D eigenvalue weighted by Crippen LogP contribution is 2.33. The number of hydrogen-bond acceptors (Lipinski definition) is 5. The van der Waals surface area contributed by atoms with Crippen LogP contribution in [0.2, 0.25) is 0 Å². The maximum atomic E-state index is 11.5. The Kier molecular flexibility index (Phi) is 1.75. The number of anilines is 1. The fourth-order valence-corrected chi connectivity index (χ4v) is 2.59. The van der Waals surface area contributed by atoms with Crippen LogP contribution in [-0.2, 0) is 14.6 Å². The van der Waals surface area contributed by atoms with Gasteiger partial charge in [-0.05, 0) is 12.1 Å². The smallest absolute Gasteiger partial charge is 0.270 e. The first-order valence-electron chi connectivity index (χ1n) is 3.87. The maximum Gasteiger partial charge on any atom is 0.270 e. The fraction of sp³-hybridized carbons (Fsp3) is 0.125. The Morgan fingerprint density at radius 2 is 2.07 bits per heavy atom. The largest absolute Gasteiger partial charge is 0.506 e. The van der Waals surface area contributed by atoms with E-state index in [1.165, 1.54) is 18.2 Å². The van der Waals surface area contributed by atoms with Crippen LogP contribution in [0.3, 0.4) is 0 Å². The Morgan fingerprint density at radius 3 is 2.79 bits per heavy atom. The van der Waals surface area contributed by atoms with Crippen LogP contribution in [0.5, 0.6) is 5.75 Å². The van der Waals surface area contributed by atoms with Crippen LogP contribution < -0.4 is 5.32 Å². The molecule has 0 bridgehead atoms. The molecular formula is C8H7NO4S. The van der Waals surface area contributed by atoms with E-state index in [0.717, 1.165) is 0 Å². The minimum absolute atomic E-state index is 0.251. The number of benzene rings is 1. The van der Waals surface area contributed by atoms with E-state index >= 15 is 0 Å². The summed E-state index contributed by atoms with van der Waals surface area (Å²) >= 11 is 0. The Balaban J connectivity index is 2.81. The molecule has 14 heavy (non-hydrogen) atoms. The topological polar surface area (TPSA) is 83.5 Å². The summed E-state index contributed by atoms with van der Waals surface area (Å²) in [6.07, 6.45) is 0. The number of rotatable bonds is 0. The molecule has 5 nitrogen and oxygen atoms in total. The molecule has 1 aromatic carbocycles. The number of phenolic OH excluding ortho intramolecular Hbond substituents is 1. The average Bonchev–Trinajstić information content (AvgIpc) is 2.11. The van der Waals surface area contributed by atoms with Gasteiger partial charge in [-0.1, -0.05) is 6.07 Å². The molecule has 1 aromatic rings. The van der Waals surface area contributed by atoms with E-state index in [1.54, 1.807) is 0 Å². The lowest BCUT2D eigenvalue weighted by Gasteiger charge is -2.17. The number of fused-ring (bicyclic) bond motifs is 1. The van der Waals surface area contributed by atoms with E-state index in [1.807, 2.05) is 0 Å². The Bertz CT molecular complexity index is 506. The van der Waals surface area contributed by atoms with Gasteiger partial charge in [-0.3, -0.25) is 4.79 Å². The van der Waals surface area contributed by atoms with Gasteiger partial charge in [-0.25, -0.2) is 8.42 Å². The van der Waals surface area contributed by atoms with Gasteiger partial charge in [0.25, 0.3) is 5.12 Å². The standard InChI is InChI=1S/C8H7NO4S/c10-6-3-1-2-5-8(6)14(12,13)7(11)4-9-5/h1-3,9-10H,4H2. The predicted octanol–water partition coefficient (Wildman–Crippen LogP) is 0.118. The lowest BCUT2D eigenvalue weighted by atomic mass is 10.3. The van der Waals surface area contributed by atoms with Gasteiger partial charge in [-0.15, -0.1) is 0 Å². The van der Waals surface area contributed by atoms with Crippen molar-refractivity contribution in [2.24, 2.45) is 0 Å². The van der Waals surface area contributed by atoms with E-state index in [2.05, 4.69) is 5.32 Å². The van der Waals surface area contributed by atoms with Gasteiger partial charge in [-0.2, -0.15) is 0 Å². The number of carbonyl (C=O) groups excluding carboxylic acids is 1. The Hall–Kier alpha value is -1.56. The van der Waals surface area contributed by atoms with E-state index in [4.69, 9.17) is 0 Å². The number of nitrogens with one attached hydrogen (secondary N) is 1. The SMILES string of the molecule is O=C1CNc2cccc(O)c2S1(=O)=O. The second-order valence-electron chi connectivity index (χ2n) is 2.88. The molecule has 0 saturated carbocycles. The van der Waals surface area contributed by atoms with Crippen LogP contribution in [0.25, 0.3) is 0 Å². The summed E-state index contributed by atoms with van der Waals surface area (Å²) in [4.78, 5) is 10.7. The zero-order valence-corrected chi connectivity index (χ0v) is 7.84. The normalized spacial score (nSPS) is 18.4. The molecule has 0 radical (unpaired) electrons. The number of aromatic hydroxyl groups is 1. The third kappa shape index (κ3) is 1.07. The van der Waals surface area contributed by atoms with Crippen LogP contribution >= 0.6 is 0 Å². The lowest BCUT2D eigenvalue weighted by Crippen LogP contribution is -2.29. The maximum absolute atomic E-state index is 11.5. The molecule has 1 heterocycles. The molecule has 0 spiro atoms. The minimum Gasteiger partial charge on any atom is -0.506 e. The summed E-state index contributed by atoms with van der Waals surface area (Å²) in [6.45, 7) is -0.251. The van der Waals surface area contributed by atoms with Crippen molar-refractivity contribution in [3.05, 3.63) is 18.2 Å². The van der Waals surface area contributed by atoms with Gasteiger partial charge in [0.1, 0.15) is 10.6 Å². The summed E-state index contributed by atoms with van der Waals surface area (Å²) in [7, 11) is -4.00. The van der Waals surface area contributed by atoms with Crippen molar-refractivity contribution in [1.29, 1.82) is 0 Å². The van der Waals surface area contributed by atoms with Crippen LogP contribution in [0.15, 0.2) is 23.1 Å². The Labute approximate surface area is 80.3 Å². The molecule has 0 amide bonds. The van der Waals surface area contributed by atoms with Crippen LogP contribution in [0, 0.1) is 0 Å². The van der Waals surface area contributed by atoms with E-state index in [-0.39, 0.29) is 17.1 Å². The second kappa shape index (κ2) is 2.71. The zero-order valence-electron chi connectivity index (χ0n) is 7.02. The second-order valence-corrected chi connectivity index (χ2v) is 4.75. The highest BCUT2D eigenvalue weighted by molar-refractivity contribution is 8.06. The van der Waals surface area contributed by atoms with Crippen LogP contribution in [0.4, 0.5) is 5.69 Å². The molecule has 1 aliphatic heterocycles. The number of hydrogen-bond donors (Lipinski definition) is 2. The average molecular weight is 213 g/mol. The van der Waals surface area contributed by atoms with Crippen molar-refractivity contribution >= 4 is 20.6 Å². The first-order valence-corrected chi connectivity index (χ1v) is 5.35. The minimum atomic E-state index is -4.00. The predicted molar refractivity (Wildman–Crippen MR) is 48.8 cm³/mol. The van der Waals surface area contributed by atoms with Crippen molar-refractivity contribution in [3.8, 4) is 5.75 Å². The van der Waals surface area contributed by atoms with Crippen LogP contribution in [0.1, 0.15) is 0 Å². The summed E-state index contributed by atoms with van der Waals surface area (Å²) in [5, 5.41) is 11.0. The van der Waals surface area contributed by atoms with Gasteiger partial charge in [0, 0.05) is 0 Å². The molecule has 6 heteroatoms. The zero-order chi connectivity index (χ0) is 10.3. The van der Waals surface area contributed by atoms with Crippen molar-refractivity contribution in [1.82, 2.24) is 0 Å². The van der Waals surface area contributed by atoms with Crippen LogP contribution in [-0.4, -0.2) is 25.2 Å². The third-order valence-corrected chi connectivity index (χ3v) is 3.70. The monoisotopic (exact) mass is 213 g/mol. The molecule has 0 unspecified atom stereocenters. The molecule has 0 fully saturated rings. The molecule has 2 N–H and O–H groups in total. The number of phenols is 1. The van der Waals surface area contributed by atoms with E-state index in [0.29, 0.717) is 0 Å². The third-order valence-electron chi connectivity index (χ3n) is 1.99. The van der Waals surface area contributed by atoms with E-state index in [9.17, 15) is 18.3 Å². The van der Waals surface area contributed by atoms with E-state index < -0.39 is 20.7 Å². The van der Waals surface area contributed by atoms with Crippen molar-refractivity contribution < 1.29 is 18.3 Å². The highest BCUT2D eigenvalue weighted by atomic mass is 32.2. The van der Waals surface area contributed by atoms with Gasteiger partial charge < -0.3 is 10.4 Å². The molecule has 0 saturated heterocycles. The fourth-order valence-electron chi connectivity index (χ4n) is 1.32. The summed E-state index contributed by atoms with van der Waals surface area (Å²) in [5.41, 5.74) is 0.268. The van der Waals surface area contributed by atoms with Gasteiger partial charge in [0.05, 0.1) is 12.2 Å². The number of carbonyl (C=O) groups is 1. The molecule has 1 aliphatic rings. The first-order chi connectivity index (χ1) is 6.53. The summed E-state index contributed by atoms with van der Waals surface area (Å²) in [6, 6.07) is 4.24. The quantitative estimate of drug-likeness (QED) is 0.639. The van der Waals surface area contributed by atoms with Crippen molar-refractivity contribution in [2.45, 2.75) is 4.90 Å². The van der Waals surface area contributed by atoms with Crippen molar-refractivity contribution in [2.75, 3.05) is 11.9 Å². The molecule has 2 rings (SSSR count).